The number of hydrogen-bond acceptors (Lipinski definition) is 3. The fourth-order valence-corrected chi connectivity index (χ4v) is 2.32. The molecule has 0 aromatic rings. The van der Waals surface area contributed by atoms with Crippen molar-refractivity contribution >= 4 is 0 Å². The summed E-state index contributed by atoms with van der Waals surface area (Å²) in [6.45, 7) is 11.5. The largest absolute Gasteiger partial charge is 0.375 e. The molecule has 0 radical (unpaired) electrons. The topological polar surface area (TPSA) is 47.3 Å². The highest BCUT2D eigenvalue weighted by atomic mass is 16.5. The van der Waals surface area contributed by atoms with Crippen molar-refractivity contribution in [2.24, 2.45) is 17.6 Å². The Balaban J connectivity index is 2.31. The first-order valence-corrected chi connectivity index (χ1v) is 6.52. The summed E-state index contributed by atoms with van der Waals surface area (Å²) in [5.41, 5.74) is 5.81. The van der Waals surface area contributed by atoms with Crippen LogP contribution in [0.2, 0.25) is 0 Å². The van der Waals surface area contributed by atoms with E-state index in [1.807, 2.05) is 0 Å². The molecule has 1 saturated heterocycles. The van der Waals surface area contributed by atoms with E-state index in [9.17, 15) is 0 Å². The van der Waals surface area contributed by atoms with Crippen LogP contribution in [0.4, 0.5) is 0 Å². The molecule has 0 bridgehead atoms. The first-order chi connectivity index (χ1) is 7.44. The third-order valence-corrected chi connectivity index (χ3v) is 3.61. The highest BCUT2D eigenvalue weighted by Crippen LogP contribution is 2.24. The minimum absolute atomic E-state index is 0.0337. The molecule has 0 saturated carbocycles. The third-order valence-electron chi connectivity index (χ3n) is 3.61. The zero-order valence-electron chi connectivity index (χ0n) is 11.3. The second kappa shape index (κ2) is 5.99. The van der Waals surface area contributed by atoms with Gasteiger partial charge in [-0.25, -0.2) is 0 Å². The summed E-state index contributed by atoms with van der Waals surface area (Å²) in [5.74, 6) is 1.25. The number of hydrogen-bond donors (Lipinski definition) is 2. The van der Waals surface area contributed by atoms with Crippen molar-refractivity contribution in [3.8, 4) is 0 Å². The lowest BCUT2D eigenvalue weighted by molar-refractivity contribution is -0.0632. The quantitative estimate of drug-likeness (QED) is 0.754. The predicted molar refractivity (Wildman–Crippen MR) is 68.4 cm³/mol. The second-order valence-electron chi connectivity index (χ2n) is 5.95. The van der Waals surface area contributed by atoms with E-state index in [-0.39, 0.29) is 5.60 Å². The van der Waals surface area contributed by atoms with E-state index in [0.717, 1.165) is 32.5 Å². The van der Waals surface area contributed by atoms with Crippen LogP contribution in [0.1, 0.15) is 40.5 Å². The van der Waals surface area contributed by atoms with Gasteiger partial charge in [-0.15, -0.1) is 0 Å². The molecule has 0 amide bonds. The maximum absolute atomic E-state index is 5.78. The zero-order valence-corrected chi connectivity index (χ0v) is 11.3. The molecule has 0 spiro atoms. The second-order valence-corrected chi connectivity index (χ2v) is 5.95. The molecule has 2 unspecified atom stereocenters. The van der Waals surface area contributed by atoms with Crippen LogP contribution in [0.3, 0.4) is 0 Å². The number of rotatable bonds is 5. The average Bonchev–Trinajstić information content (AvgIpc) is 2.16. The highest BCUT2D eigenvalue weighted by Gasteiger charge is 2.28. The molecule has 3 N–H and O–H groups in total. The van der Waals surface area contributed by atoms with Crippen LogP contribution in [0.25, 0.3) is 0 Å². The van der Waals surface area contributed by atoms with Gasteiger partial charge in [0.25, 0.3) is 0 Å². The molecule has 0 aromatic carbocycles. The highest BCUT2D eigenvalue weighted by molar-refractivity contribution is 4.83. The fourth-order valence-electron chi connectivity index (χ4n) is 2.32. The number of ether oxygens (including phenoxy) is 1. The van der Waals surface area contributed by atoms with Crippen LogP contribution < -0.4 is 11.1 Å². The minimum Gasteiger partial charge on any atom is -0.375 e. The molecule has 1 aliphatic rings. The van der Waals surface area contributed by atoms with Crippen LogP contribution in [0.15, 0.2) is 0 Å². The van der Waals surface area contributed by atoms with Crippen LogP contribution in [-0.4, -0.2) is 31.3 Å². The molecule has 1 heterocycles. The summed E-state index contributed by atoms with van der Waals surface area (Å²) in [6, 6.07) is 0.594. The van der Waals surface area contributed by atoms with Gasteiger partial charge >= 0.3 is 0 Å². The van der Waals surface area contributed by atoms with Gasteiger partial charge < -0.3 is 15.8 Å². The Hall–Kier alpha value is -0.120. The molecule has 1 aliphatic heterocycles. The Morgan fingerprint density at radius 1 is 1.44 bits per heavy atom. The van der Waals surface area contributed by atoms with E-state index in [2.05, 4.69) is 33.0 Å². The summed E-state index contributed by atoms with van der Waals surface area (Å²) >= 11 is 0. The lowest BCUT2D eigenvalue weighted by Crippen LogP contribution is -2.46. The van der Waals surface area contributed by atoms with Crippen molar-refractivity contribution in [2.45, 2.75) is 52.2 Å². The third kappa shape index (κ3) is 4.40. The summed E-state index contributed by atoms with van der Waals surface area (Å²) in [5, 5.41) is 3.65. The molecule has 3 heteroatoms. The van der Waals surface area contributed by atoms with E-state index in [1.165, 1.54) is 0 Å². The molecular weight excluding hydrogens is 200 g/mol. The molecule has 16 heavy (non-hydrogen) atoms. The van der Waals surface area contributed by atoms with Crippen molar-refractivity contribution in [1.82, 2.24) is 5.32 Å². The van der Waals surface area contributed by atoms with Crippen LogP contribution in [-0.2, 0) is 4.74 Å². The van der Waals surface area contributed by atoms with Crippen LogP contribution >= 0.6 is 0 Å². The van der Waals surface area contributed by atoms with E-state index >= 15 is 0 Å². The maximum Gasteiger partial charge on any atom is 0.0641 e. The summed E-state index contributed by atoms with van der Waals surface area (Å²) < 4.78 is 5.71. The molecule has 3 nitrogen and oxygen atoms in total. The van der Waals surface area contributed by atoms with E-state index < -0.39 is 0 Å². The van der Waals surface area contributed by atoms with Gasteiger partial charge in [0, 0.05) is 12.6 Å². The molecule has 0 aromatic heterocycles. The van der Waals surface area contributed by atoms with Gasteiger partial charge in [0.15, 0.2) is 0 Å². The van der Waals surface area contributed by atoms with E-state index in [4.69, 9.17) is 10.5 Å². The van der Waals surface area contributed by atoms with Crippen molar-refractivity contribution in [3.63, 3.8) is 0 Å². The van der Waals surface area contributed by atoms with E-state index in [0.29, 0.717) is 17.9 Å². The SMILES string of the molecule is CC(C)C(CN)CNC1CCOC(C)(C)C1. The van der Waals surface area contributed by atoms with Crippen molar-refractivity contribution in [2.75, 3.05) is 19.7 Å². The molecule has 1 fully saturated rings. The normalized spacial score (nSPS) is 27.0. The van der Waals surface area contributed by atoms with Gasteiger partial charge in [0.2, 0.25) is 0 Å². The fraction of sp³-hybridized carbons (Fsp3) is 1.00. The standard InChI is InChI=1S/C13H28N2O/c1-10(2)11(8-14)9-15-12-5-6-16-13(3,4)7-12/h10-12,15H,5-9,14H2,1-4H3. The summed E-state index contributed by atoms with van der Waals surface area (Å²) in [4.78, 5) is 0. The Bertz CT molecular complexity index is 204. The number of nitrogens with two attached hydrogens (primary N) is 1. The van der Waals surface area contributed by atoms with Gasteiger partial charge in [0.1, 0.15) is 0 Å². The van der Waals surface area contributed by atoms with Gasteiger partial charge in [-0.05, 0) is 51.6 Å². The lowest BCUT2D eigenvalue weighted by atomic mass is 9.92. The van der Waals surface area contributed by atoms with Gasteiger partial charge in [-0.1, -0.05) is 13.8 Å². The van der Waals surface area contributed by atoms with Crippen molar-refractivity contribution in [3.05, 3.63) is 0 Å². The molecule has 1 rings (SSSR count). The molecular formula is C13H28N2O. The number of nitrogens with one attached hydrogen (secondary N) is 1. The Morgan fingerprint density at radius 3 is 2.62 bits per heavy atom. The monoisotopic (exact) mass is 228 g/mol. The summed E-state index contributed by atoms with van der Waals surface area (Å²) in [6.07, 6.45) is 2.22. The first-order valence-electron chi connectivity index (χ1n) is 6.52. The van der Waals surface area contributed by atoms with Crippen molar-refractivity contribution < 1.29 is 4.74 Å². The maximum atomic E-state index is 5.78. The zero-order chi connectivity index (χ0) is 12.2. The van der Waals surface area contributed by atoms with Crippen molar-refractivity contribution in [1.29, 1.82) is 0 Å². The minimum atomic E-state index is 0.0337. The molecule has 0 aliphatic carbocycles. The smallest absolute Gasteiger partial charge is 0.0641 e. The van der Waals surface area contributed by atoms with Gasteiger partial charge in [-0.3, -0.25) is 0 Å². The lowest BCUT2D eigenvalue weighted by Gasteiger charge is -2.36. The molecule has 2 atom stereocenters. The van der Waals surface area contributed by atoms with Crippen LogP contribution in [0.5, 0.6) is 0 Å². The van der Waals surface area contributed by atoms with Gasteiger partial charge in [-0.2, -0.15) is 0 Å². The summed E-state index contributed by atoms with van der Waals surface area (Å²) in [7, 11) is 0. The predicted octanol–water partition coefficient (Wildman–Crippen LogP) is 1.76. The van der Waals surface area contributed by atoms with Gasteiger partial charge in [0.05, 0.1) is 5.60 Å². The van der Waals surface area contributed by atoms with Crippen LogP contribution in [0, 0.1) is 11.8 Å². The molecule has 96 valence electrons. The Kier molecular flexibility index (Phi) is 5.22. The Labute approximate surface area is 100 Å². The average molecular weight is 228 g/mol. The Morgan fingerprint density at radius 2 is 2.12 bits per heavy atom. The first kappa shape index (κ1) is 13.9. The van der Waals surface area contributed by atoms with E-state index in [1.54, 1.807) is 0 Å².